The van der Waals surface area contributed by atoms with Gasteiger partial charge >= 0.3 is 7.12 Å². The summed E-state index contributed by atoms with van der Waals surface area (Å²) in [6, 6.07) is 27.7. The van der Waals surface area contributed by atoms with Gasteiger partial charge in [0, 0.05) is 25.7 Å². The van der Waals surface area contributed by atoms with Gasteiger partial charge in [-0.15, -0.1) is 0 Å². The molecule has 47 heavy (non-hydrogen) atoms. The van der Waals surface area contributed by atoms with Gasteiger partial charge in [0.05, 0.1) is 17.9 Å². The minimum atomic E-state index is -0.992. The molecular weight excluding hydrogens is 587 g/mol. The second kappa shape index (κ2) is 13.6. The second-order valence-corrected chi connectivity index (χ2v) is 13.7. The third-order valence-corrected chi connectivity index (χ3v) is 10.7. The zero-order valence-corrected chi connectivity index (χ0v) is 27.0. The van der Waals surface area contributed by atoms with Gasteiger partial charge in [0.15, 0.2) is 0 Å². The van der Waals surface area contributed by atoms with Gasteiger partial charge in [-0.1, -0.05) is 84.4 Å². The van der Waals surface area contributed by atoms with Crippen LogP contribution in [0, 0.1) is 17.8 Å². The largest absolute Gasteiger partial charge is 0.508 e. The minimum absolute atomic E-state index is 0.0298. The van der Waals surface area contributed by atoms with E-state index in [4.69, 9.17) is 4.65 Å². The molecule has 2 amide bonds. The van der Waals surface area contributed by atoms with Crippen LogP contribution in [0.4, 0.5) is 0 Å². The molecule has 0 aromatic heterocycles. The molecule has 242 valence electrons. The first kappa shape index (κ1) is 31.6. The molecule has 3 aromatic rings. The number of likely N-dealkylation sites (tertiary alicyclic amines) is 2. The summed E-state index contributed by atoms with van der Waals surface area (Å²) >= 11 is 0. The zero-order valence-electron chi connectivity index (χ0n) is 27.0. The molecule has 7 rings (SSSR count). The van der Waals surface area contributed by atoms with Crippen LogP contribution in [0.1, 0.15) is 55.7 Å². The number of amides is 2. The first-order valence-electron chi connectivity index (χ1n) is 17.1. The van der Waals surface area contributed by atoms with Gasteiger partial charge in [-0.3, -0.25) is 19.4 Å². The van der Waals surface area contributed by atoms with E-state index in [0.29, 0.717) is 25.6 Å². The van der Waals surface area contributed by atoms with Crippen molar-refractivity contribution >= 4 is 30.6 Å². The fourth-order valence-corrected chi connectivity index (χ4v) is 8.54. The smallest absolute Gasteiger partial charge is 0.455 e. The number of allylic oxidation sites excluding steroid dienone is 2. The number of phenols is 1. The van der Waals surface area contributed by atoms with Crippen LogP contribution in [0.5, 0.6) is 5.75 Å². The molecular formula is C39H43BN2O5. The Hall–Kier alpha value is -3.98. The van der Waals surface area contributed by atoms with Crippen molar-refractivity contribution in [1.82, 2.24) is 9.80 Å². The van der Waals surface area contributed by atoms with Crippen molar-refractivity contribution in [2.75, 3.05) is 13.1 Å². The van der Waals surface area contributed by atoms with Crippen LogP contribution in [-0.4, -0.2) is 64.1 Å². The van der Waals surface area contributed by atoms with Crippen LogP contribution in [0.3, 0.4) is 0 Å². The Morgan fingerprint density at radius 3 is 2.38 bits per heavy atom. The van der Waals surface area contributed by atoms with Crippen molar-refractivity contribution < 1.29 is 24.4 Å². The molecule has 8 heteroatoms. The number of carbonyl (C=O) groups excluding carboxylic acids is 2. The Morgan fingerprint density at radius 2 is 1.66 bits per heavy atom. The maximum Gasteiger partial charge on any atom is 0.455 e. The van der Waals surface area contributed by atoms with Gasteiger partial charge in [-0.05, 0) is 91.2 Å². The highest BCUT2D eigenvalue weighted by Gasteiger charge is 2.58. The molecule has 1 aliphatic carbocycles. The second-order valence-electron chi connectivity index (χ2n) is 13.7. The standard InChI is InChI=1S/C39H43BN2O5/c1-26-21-33-37(39(45)42(38(33)44)31-17-19-41(20-18-31)25-27-9-4-2-5-10-27)34-24-40(46)47-35(36(26)34)16-15-30(29-12-6-3-7-13-29)22-28-11-8-14-32(43)23-28/h2-14,22-23,31,33-35,37,43,46H,15-21,24-25H2,1H3/b30-22-/t33-,34+,35-,37-/m1/s1. The van der Waals surface area contributed by atoms with Crippen LogP contribution in [0.2, 0.25) is 6.32 Å². The monoisotopic (exact) mass is 630 g/mol. The number of nitrogens with zero attached hydrogens (tertiary/aromatic N) is 2. The predicted molar refractivity (Wildman–Crippen MR) is 184 cm³/mol. The van der Waals surface area contributed by atoms with Crippen molar-refractivity contribution in [3.8, 4) is 5.75 Å². The molecule has 7 nitrogen and oxygen atoms in total. The highest BCUT2D eigenvalue weighted by molar-refractivity contribution is 6.43. The lowest BCUT2D eigenvalue weighted by molar-refractivity contribution is -0.144. The van der Waals surface area contributed by atoms with E-state index >= 15 is 0 Å². The Balaban J connectivity index is 1.08. The maximum absolute atomic E-state index is 14.2. The molecule has 3 saturated heterocycles. The van der Waals surface area contributed by atoms with E-state index in [-0.39, 0.29) is 41.5 Å². The van der Waals surface area contributed by atoms with Crippen LogP contribution in [-0.2, 0) is 20.8 Å². The van der Waals surface area contributed by atoms with Crippen molar-refractivity contribution in [1.29, 1.82) is 0 Å². The lowest BCUT2D eigenvalue weighted by Gasteiger charge is -2.42. The van der Waals surface area contributed by atoms with Gasteiger partial charge in [-0.2, -0.15) is 0 Å². The van der Waals surface area contributed by atoms with Gasteiger partial charge in [-0.25, -0.2) is 0 Å². The van der Waals surface area contributed by atoms with Gasteiger partial charge in [0.25, 0.3) is 0 Å². The average molecular weight is 631 g/mol. The third-order valence-electron chi connectivity index (χ3n) is 10.7. The molecule has 0 spiro atoms. The molecule has 0 radical (unpaired) electrons. The number of phenolic OH excluding ortho intramolecular Hbond substituents is 1. The quantitative estimate of drug-likeness (QED) is 0.134. The van der Waals surface area contributed by atoms with Crippen LogP contribution >= 0.6 is 0 Å². The number of hydrogen-bond donors (Lipinski definition) is 2. The Kier molecular flexibility index (Phi) is 9.17. The molecule has 2 N–H and O–H groups in total. The van der Waals surface area contributed by atoms with Crippen molar-refractivity contribution in [2.45, 2.75) is 64.0 Å². The van der Waals surface area contributed by atoms with E-state index in [1.807, 2.05) is 36.4 Å². The molecule has 0 saturated carbocycles. The van der Waals surface area contributed by atoms with E-state index in [1.165, 1.54) is 5.56 Å². The third kappa shape index (κ3) is 6.60. The Morgan fingerprint density at radius 1 is 0.936 bits per heavy atom. The fraction of sp³-hybridized carbons (Fsp3) is 0.385. The van der Waals surface area contributed by atoms with Crippen LogP contribution in [0.15, 0.2) is 96.1 Å². The van der Waals surface area contributed by atoms with Crippen molar-refractivity contribution in [3.63, 3.8) is 0 Å². The highest BCUT2D eigenvalue weighted by atomic mass is 16.5. The first-order valence-corrected chi connectivity index (χ1v) is 17.1. The van der Waals surface area contributed by atoms with Crippen molar-refractivity contribution in [2.24, 2.45) is 17.8 Å². The van der Waals surface area contributed by atoms with Crippen molar-refractivity contribution in [3.05, 3.63) is 113 Å². The van der Waals surface area contributed by atoms with Gasteiger partial charge in [0.2, 0.25) is 11.8 Å². The summed E-state index contributed by atoms with van der Waals surface area (Å²) in [7, 11) is -0.992. The lowest BCUT2D eigenvalue weighted by atomic mass is 9.58. The SMILES string of the molecule is CC1=C2[C@@H](CC/C(=C/c3cccc(O)c3)c3ccccc3)OB(O)C[C@@H]2[C@@H]2C(=O)N(C3CCN(Cc4ccccc4)CC3)C(=O)[C@@H]2C1. The fourth-order valence-electron chi connectivity index (χ4n) is 8.54. The minimum Gasteiger partial charge on any atom is -0.508 e. The molecule has 3 aromatic carbocycles. The first-order chi connectivity index (χ1) is 22.9. The van der Waals surface area contributed by atoms with E-state index in [0.717, 1.165) is 60.3 Å². The van der Waals surface area contributed by atoms with E-state index in [2.05, 4.69) is 54.3 Å². The summed E-state index contributed by atoms with van der Waals surface area (Å²) < 4.78 is 6.21. The summed E-state index contributed by atoms with van der Waals surface area (Å²) in [6.07, 6.45) is 5.51. The van der Waals surface area contributed by atoms with Crippen LogP contribution in [0.25, 0.3) is 11.6 Å². The summed E-state index contributed by atoms with van der Waals surface area (Å²) in [5.74, 6) is -0.891. The molecule has 3 heterocycles. The molecule has 3 fully saturated rings. The molecule has 0 unspecified atom stereocenters. The number of imide groups is 1. The Bertz CT molecular complexity index is 1670. The van der Waals surface area contributed by atoms with Gasteiger partial charge < -0.3 is 14.8 Å². The number of rotatable bonds is 8. The molecule has 3 aliphatic heterocycles. The molecule has 4 atom stereocenters. The number of fused-ring (bicyclic) bond motifs is 3. The average Bonchev–Trinajstić information content (AvgIpc) is 3.32. The lowest BCUT2D eigenvalue weighted by Crippen LogP contribution is -2.48. The topological polar surface area (TPSA) is 90.3 Å². The number of hydrogen-bond acceptors (Lipinski definition) is 6. The molecule has 4 aliphatic rings. The predicted octanol–water partition coefficient (Wildman–Crippen LogP) is 6.19. The number of aromatic hydroxyl groups is 1. The highest BCUT2D eigenvalue weighted by Crippen LogP contribution is 2.51. The van der Waals surface area contributed by atoms with Gasteiger partial charge in [0.1, 0.15) is 5.75 Å². The summed E-state index contributed by atoms with van der Waals surface area (Å²) in [5, 5.41) is 21.0. The summed E-state index contributed by atoms with van der Waals surface area (Å²) in [4.78, 5) is 32.1. The van der Waals surface area contributed by atoms with E-state index in [1.54, 1.807) is 17.0 Å². The maximum atomic E-state index is 14.2. The van der Waals surface area contributed by atoms with E-state index in [9.17, 15) is 19.7 Å². The van der Waals surface area contributed by atoms with E-state index < -0.39 is 13.0 Å². The molecule has 0 bridgehead atoms. The number of piperidine rings is 1. The number of benzene rings is 3. The van der Waals surface area contributed by atoms with Crippen LogP contribution < -0.4 is 0 Å². The number of carbonyl (C=O) groups is 2. The normalized spacial score (nSPS) is 25.7. The Labute approximate surface area is 277 Å². The summed E-state index contributed by atoms with van der Waals surface area (Å²) in [6.45, 7) is 4.66. The zero-order chi connectivity index (χ0) is 32.5. The summed E-state index contributed by atoms with van der Waals surface area (Å²) in [5.41, 5.74) is 6.58.